The lowest BCUT2D eigenvalue weighted by molar-refractivity contribution is 0.0943. The summed E-state index contributed by atoms with van der Waals surface area (Å²) in [6, 6.07) is 12.2. The van der Waals surface area contributed by atoms with E-state index in [4.69, 9.17) is 9.47 Å². The van der Waals surface area contributed by atoms with Crippen molar-refractivity contribution in [3.63, 3.8) is 0 Å². The fourth-order valence-electron chi connectivity index (χ4n) is 2.32. The number of sulfone groups is 1. The summed E-state index contributed by atoms with van der Waals surface area (Å²) in [5.74, 6) is 1.19. The van der Waals surface area contributed by atoms with Gasteiger partial charge in [-0.3, -0.25) is 0 Å². The highest BCUT2D eigenvalue weighted by atomic mass is 32.2. The Morgan fingerprint density at radius 3 is 2.20 bits per heavy atom. The molecule has 1 N–H and O–H groups in total. The second kappa shape index (κ2) is 6.66. The molecular weight excluding hydrogens is 366 g/mol. The molecule has 0 unspecified atom stereocenters. The molecule has 0 saturated heterocycles. The Morgan fingerprint density at radius 1 is 0.960 bits per heavy atom. The van der Waals surface area contributed by atoms with Crippen LogP contribution in [0.5, 0.6) is 11.5 Å². The molecule has 1 aliphatic rings. The van der Waals surface area contributed by atoms with E-state index in [9.17, 15) is 16.8 Å². The minimum atomic E-state index is -3.78. The largest absolute Gasteiger partial charge is 0.486 e. The zero-order valence-electron chi connectivity index (χ0n) is 13.4. The lowest BCUT2D eigenvalue weighted by Crippen LogP contribution is -2.40. The molecule has 134 valence electrons. The van der Waals surface area contributed by atoms with Gasteiger partial charge in [0.05, 0.1) is 16.3 Å². The third-order valence-electron chi connectivity index (χ3n) is 3.63. The van der Waals surface area contributed by atoms with Crippen molar-refractivity contribution in [2.24, 2.45) is 0 Å². The molecule has 0 fully saturated rings. The molecule has 3 rings (SSSR count). The van der Waals surface area contributed by atoms with Crippen LogP contribution in [0.4, 0.5) is 0 Å². The Morgan fingerprint density at radius 2 is 1.56 bits per heavy atom. The zero-order chi connectivity index (χ0) is 18.1. The van der Waals surface area contributed by atoms with Crippen molar-refractivity contribution in [2.75, 3.05) is 19.4 Å². The second-order valence-electron chi connectivity index (χ2n) is 5.59. The molecule has 1 aliphatic heterocycles. The Kier molecular flexibility index (Phi) is 4.72. The number of para-hydroxylation sites is 2. The maximum absolute atomic E-state index is 12.3. The average molecular weight is 383 g/mol. The van der Waals surface area contributed by atoms with Crippen molar-refractivity contribution in [1.82, 2.24) is 4.72 Å². The molecule has 1 atom stereocenters. The highest BCUT2D eigenvalue weighted by Gasteiger charge is 2.23. The Balaban J connectivity index is 1.66. The molecular formula is C16H17NO6S2. The van der Waals surface area contributed by atoms with Crippen molar-refractivity contribution < 1.29 is 26.3 Å². The predicted octanol–water partition coefficient (Wildman–Crippen LogP) is 1.21. The molecule has 9 heteroatoms. The van der Waals surface area contributed by atoms with Gasteiger partial charge in [0.25, 0.3) is 0 Å². The minimum Gasteiger partial charge on any atom is -0.486 e. The summed E-state index contributed by atoms with van der Waals surface area (Å²) < 4.78 is 61.2. The van der Waals surface area contributed by atoms with Gasteiger partial charge in [0, 0.05) is 6.26 Å². The van der Waals surface area contributed by atoms with Crippen LogP contribution in [0.15, 0.2) is 58.3 Å². The lowest BCUT2D eigenvalue weighted by atomic mass is 10.2. The van der Waals surface area contributed by atoms with Gasteiger partial charge in [0.15, 0.2) is 21.3 Å². The monoisotopic (exact) mass is 383 g/mol. The van der Waals surface area contributed by atoms with E-state index in [1.54, 1.807) is 18.2 Å². The van der Waals surface area contributed by atoms with E-state index in [1.165, 1.54) is 24.3 Å². The van der Waals surface area contributed by atoms with Gasteiger partial charge < -0.3 is 9.47 Å². The van der Waals surface area contributed by atoms with Crippen LogP contribution in [0.3, 0.4) is 0 Å². The van der Waals surface area contributed by atoms with E-state index in [1.807, 2.05) is 6.07 Å². The topological polar surface area (TPSA) is 98.8 Å². The number of ether oxygens (including phenoxy) is 2. The Bertz CT molecular complexity index is 968. The maximum Gasteiger partial charge on any atom is 0.240 e. The van der Waals surface area contributed by atoms with Crippen LogP contribution < -0.4 is 14.2 Å². The fraction of sp³-hybridized carbons (Fsp3) is 0.250. The highest BCUT2D eigenvalue weighted by Crippen LogP contribution is 2.30. The summed E-state index contributed by atoms with van der Waals surface area (Å²) >= 11 is 0. The van der Waals surface area contributed by atoms with E-state index in [-0.39, 0.29) is 22.9 Å². The van der Waals surface area contributed by atoms with Crippen LogP contribution in [-0.2, 0) is 19.9 Å². The number of fused-ring (bicyclic) bond motifs is 1. The first-order valence-corrected chi connectivity index (χ1v) is 10.8. The molecule has 0 aliphatic carbocycles. The quantitative estimate of drug-likeness (QED) is 0.833. The SMILES string of the molecule is CS(=O)(=O)c1ccc(S(=O)(=O)NC[C@@H]2COc3ccccc3O2)cc1. The fourth-order valence-corrected chi connectivity index (χ4v) is 4.01. The molecule has 2 aromatic carbocycles. The summed E-state index contributed by atoms with van der Waals surface area (Å²) in [4.78, 5) is 0.0455. The molecule has 2 aromatic rings. The van der Waals surface area contributed by atoms with Gasteiger partial charge >= 0.3 is 0 Å². The van der Waals surface area contributed by atoms with E-state index >= 15 is 0 Å². The number of nitrogens with one attached hydrogen (secondary N) is 1. The summed E-state index contributed by atoms with van der Waals surface area (Å²) in [5, 5.41) is 0. The first kappa shape index (κ1) is 17.7. The molecule has 0 radical (unpaired) electrons. The summed E-state index contributed by atoms with van der Waals surface area (Å²) in [7, 11) is -7.15. The molecule has 0 saturated carbocycles. The van der Waals surface area contributed by atoms with Crippen molar-refractivity contribution in [1.29, 1.82) is 0 Å². The van der Waals surface area contributed by atoms with Crippen LogP contribution in [0.25, 0.3) is 0 Å². The summed E-state index contributed by atoms with van der Waals surface area (Å²) in [6.07, 6.45) is 0.604. The molecule has 0 bridgehead atoms. The van der Waals surface area contributed by atoms with Gasteiger partial charge in [-0.2, -0.15) is 0 Å². The van der Waals surface area contributed by atoms with E-state index < -0.39 is 26.0 Å². The minimum absolute atomic E-state index is 0.0166. The molecule has 0 amide bonds. The highest BCUT2D eigenvalue weighted by molar-refractivity contribution is 7.90. The van der Waals surface area contributed by atoms with Gasteiger partial charge in [-0.25, -0.2) is 21.6 Å². The van der Waals surface area contributed by atoms with Crippen LogP contribution in [-0.4, -0.2) is 42.3 Å². The van der Waals surface area contributed by atoms with Crippen molar-refractivity contribution >= 4 is 19.9 Å². The lowest BCUT2D eigenvalue weighted by Gasteiger charge is -2.26. The van der Waals surface area contributed by atoms with Gasteiger partial charge in [-0.1, -0.05) is 12.1 Å². The normalized spacial score (nSPS) is 17.2. The molecule has 0 aromatic heterocycles. The molecule has 7 nitrogen and oxygen atoms in total. The number of hydrogen-bond donors (Lipinski definition) is 1. The number of rotatable bonds is 5. The smallest absolute Gasteiger partial charge is 0.240 e. The maximum atomic E-state index is 12.3. The number of hydrogen-bond acceptors (Lipinski definition) is 6. The van der Waals surface area contributed by atoms with E-state index in [2.05, 4.69) is 4.72 Å². The standard InChI is InChI=1S/C16H17NO6S2/c1-24(18,19)13-6-8-14(9-7-13)25(20,21)17-10-12-11-22-15-4-2-3-5-16(15)23-12/h2-9,12,17H,10-11H2,1H3/t12-/m1/s1. The van der Waals surface area contributed by atoms with Crippen molar-refractivity contribution in [3.05, 3.63) is 48.5 Å². The van der Waals surface area contributed by atoms with Gasteiger partial charge in [0.2, 0.25) is 10.0 Å². The van der Waals surface area contributed by atoms with E-state index in [0.717, 1.165) is 6.26 Å². The van der Waals surface area contributed by atoms with Crippen molar-refractivity contribution in [3.8, 4) is 11.5 Å². The van der Waals surface area contributed by atoms with Crippen LogP contribution in [0.2, 0.25) is 0 Å². The third kappa shape index (κ3) is 4.12. The Hall–Kier alpha value is -2.10. The average Bonchev–Trinajstić information content (AvgIpc) is 2.59. The summed E-state index contributed by atoms with van der Waals surface area (Å²) in [5.41, 5.74) is 0. The third-order valence-corrected chi connectivity index (χ3v) is 6.20. The number of benzene rings is 2. The zero-order valence-corrected chi connectivity index (χ0v) is 15.0. The molecule has 25 heavy (non-hydrogen) atoms. The van der Waals surface area contributed by atoms with Crippen molar-refractivity contribution in [2.45, 2.75) is 15.9 Å². The first-order chi connectivity index (χ1) is 11.8. The second-order valence-corrected chi connectivity index (χ2v) is 9.38. The molecule has 0 spiro atoms. The van der Waals surface area contributed by atoms with E-state index in [0.29, 0.717) is 11.5 Å². The van der Waals surface area contributed by atoms with Crippen LogP contribution >= 0.6 is 0 Å². The van der Waals surface area contributed by atoms with Gasteiger partial charge in [0.1, 0.15) is 12.7 Å². The number of sulfonamides is 1. The molecule has 1 heterocycles. The van der Waals surface area contributed by atoms with Crippen LogP contribution in [0.1, 0.15) is 0 Å². The van der Waals surface area contributed by atoms with Crippen LogP contribution in [0, 0.1) is 0 Å². The summed E-state index contributed by atoms with van der Waals surface area (Å²) in [6.45, 7) is 0.261. The first-order valence-electron chi connectivity index (χ1n) is 7.44. The van der Waals surface area contributed by atoms with Gasteiger partial charge in [-0.05, 0) is 36.4 Å². The predicted molar refractivity (Wildman–Crippen MR) is 91.1 cm³/mol. The van der Waals surface area contributed by atoms with Gasteiger partial charge in [-0.15, -0.1) is 0 Å². The Labute approximate surface area is 146 Å².